The number of hydrogen-bond donors (Lipinski definition) is 1. The van der Waals surface area contributed by atoms with Crippen molar-refractivity contribution < 1.29 is 19.2 Å². The van der Waals surface area contributed by atoms with E-state index in [1.54, 1.807) is 0 Å². The van der Waals surface area contributed by atoms with Crippen molar-refractivity contribution in [2.75, 3.05) is 32.8 Å². The zero-order chi connectivity index (χ0) is 16.7. The van der Waals surface area contributed by atoms with Gasteiger partial charge >= 0.3 is 5.97 Å². The molecule has 1 aromatic carbocycles. The van der Waals surface area contributed by atoms with Crippen LogP contribution in [0.1, 0.15) is 37.3 Å². The molecule has 0 radical (unpaired) electrons. The van der Waals surface area contributed by atoms with E-state index in [-0.39, 0.29) is 11.9 Å². The van der Waals surface area contributed by atoms with Crippen molar-refractivity contribution in [3.63, 3.8) is 0 Å². The Morgan fingerprint density at radius 1 is 1.35 bits per heavy atom. The summed E-state index contributed by atoms with van der Waals surface area (Å²) < 4.78 is 11.1. The number of likely N-dealkylation sites (tertiary alicyclic amines) is 1. The minimum absolute atomic E-state index is 0.0173. The highest BCUT2D eigenvalue weighted by molar-refractivity contribution is 5.72. The highest BCUT2D eigenvalue weighted by Gasteiger charge is 2.29. The highest BCUT2D eigenvalue weighted by atomic mass is 16.5. The summed E-state index contributed by atoms with van der Waals surface area (Å²) in [6, 6.07) is 6.18. The topological polar surface area (TPSA) is 40.0 Å². The van der Waals surface area contributed by atoms with Crippen LogP contribution in [-0.2, 0) is 9.53 Å². The lowest BCUT2D eigenvalue weighted by Gasteiger charge is -2.28. The number of hydrogen-bond acceptors (Lipinski definition) is 3. The van der Waals surface area contributed by atoms with Gasteiger partial charge in [-0.15, -0.1) is 0 Å². The number of piperidine rings is 1. The Hall–Kier alpha value is -1.55. The van der Waals surface area contributed by atoms with Crippen LogP contribution in [0.5, 0.6) is 5.75 Å². The summed E-state index contributed by atoms with van der Waals surface area (Å²) in [5, 5.41) is 0. The maximum absolute atomic E-state index is 11.9. The van der Waals surface area contributed by atoms with Crippen molar-refractivity contribution in [1.82, 2.24) is 0 Å². The number of carbonyl (C=O) groups excluding carboxylic acids is 1. The highest BCUT2D eigenvalue weighted by Crippen LogP contribution is 2.20. The fraction of sp³-hybridized carbons (Fsp3) is 0.632. The Morgan fingerprint density at radius 3 is 2.96 bits per heavy atom. The molecule has 1 fully saturated rings. The van der Waals surface area contributed by atoms with Crippen LogP contribution in [0.4, 0.5) is 0 Å². The van der Waals surface area contributed by atoms with Gasteiger partial charge in [0.2, 0.25) is 0 Å². The lowest BCUT2D eigenvalue weighted by atomic mass is 9.98. The number of ether oxygens (including phenoxy) is 2. The molecule has 1 aliphatic heterocycles. The molecule has 1 unspecified atom stereocenters. The molecule has 0 spiro atoms. The molecule has 128 valence electrons. The second-order valence-corrected chi connectivity index (χ2v) is 6.45. The standard InChI is InChI=1S/C19H29NO3/c1-4-22-19(21)17-9-6-11-20(14-17)12-7-13-23-18-10-5-8-15(2)16(18)3/h5,8,10,17H,4,6-7,9,11-14H2,1-3H3/p+1/t17-/m1/s1. The SMILES string of the molecule is CCOC(=O)[C@@H]1CCC[NH+](CCCOc2cccc(C)c2C)C1. The summed E-state index contributed by atoms with van der Waals surface area (Å²) >= 11 is 0. The quantitative estimate of drug-likeness (QED) is 0.616. The van der Waals surface area contributed by atoms with Gasteiger partial charge in [-0.05, 0) is 50.8 Å². The van der Waals surface area contributed by atoms with E-state index < -0.39 is 0 Å². The second-order valence-electron chi connectivity index (χ2n) is 6.45. The maximum atomic E-state index is 11.9. The van der Waals surface area contributed by atoms with Gasteiger partial charge in [-0.2, -0.15) is 0 Å². The molecule has 0 bridgehead atoms. The van der Waals surface area contributed by atoms with E-state index in [1.165, 1.54) is 16.0 Å². The van der Waals surface area contributed by atoms with Crippen LogP contribution in [0.25, 0.3) is 0 Å². The average molecular weight is 320 g/mol. The Kier molecular flexibility index (Phi) is 6.90. The first-order valence-corrected chi connectivity index (χ1v) is 8.81. The minimum atomic E-state index is -0.0173. The number of aryl methyl sites for hydroxylation is 1. The normalized spacial score (nSPS) is 21.0. The fourth-order valence-electron chi connectivity index (χ4n) is 3.22. The van der Waals surface area contributed by atoms with Crippen LogP contribution in [0.2, 0.25) is 0 Å². The van der Waals surface area contributed by atoms with Crippen LogP contribution < -0.4 is 9.64 Å². The van der Waals surface area contributed by atoms with E-state index in [0.29, 0.717) is 6.61 Å². The predicted octanol–water partition coefficient (Wildman–Crippen LogP) is 1.93. The molecule has 1 aliphatic rings. The van der Waals surface area contributed by atoms with E-state index >= 15 is 0 Å². The molecule has 2 atom stereocenters. The van der Waals surface area contributed by atoms with Crippen molar-refractivity contribution >= 4 is 5.97 Å². The van der Waals surface area contributed by atoms with Gasteiger partial charge < -0.3 is 14.4 Å². The number of carbonyl (C=O) groups is 1. The van der Waals surface area contributed by atoms with Crippen LogP contribution >= 0.6 is 0 Å². The number of esters is 1. The third-order valence-corrected chi connectivity index (χ3v) is 4.73. The van der Waals surface area contributed by atoms with E-state index in [4.69, 9.17) is 9.47 Å². The Labute approximate surface area is 139 Å². The van der Waals surface area contributed by atoms with Gasteiger partial charge in [0, 0.05) is 6.42 Å². The van der Waals surface area contributed by atoms with Gasteiger partial charge in [-0.25, -0.2) is 0 Å². The van der Waals surface area contributed by atoms with Crippen LogP contribution in [0.15, 0.2) is 18.2 Å². The van der Waals surface area contributed by atoms with E-state index in [1.807, 2.05) is 19.1 Å². The molecule has 0 saturated carbocycles. The van der Waals surface area contributed by atoms with Gasteiger partial charge in [0.15, 0.2) is 0 Å². The molecule has 0 aromatic heterocycles. The third kappa shape index (κ3) is 5.24. The largest absolute Gasteiger partial charge is 0.493 e. The summed E-state index contributed by atoms with van der Waals surface area (Å²) in [6.07, 6.45) is 3.09. The first kappa shape index (κ1) is 17.8. The monoisotopic (exact) mass is 320 g/mol. The van der Waals surface area contributed by atoms with E-state index in [9.17, 15) is 4.79 Å². The Bertz CT molecular complexity index is 515. The van der Waals surface area contributed by atoms with Crippen LogP contribution in [0, 0.1) is 19.8 Å². The molecule has 0 aliphatic carbocycles. The van der Waals surface area contributed by atoms with Crippen molar-refractivity contribution in [1.29, 1.82) is 0 Å². The number of quaternary nitrogens is 1. The molecular weight excluding hydrogens is 290 g/mol. The summed E-state index contributed by atoms with van der Waals surface area (Å²) in [7, 11) is 0. The third-order valence-electron chi connectivity index (χ3n) is 4.73. The van der Waals surface area contributed by atoms with Gasteiger partial charge in [0.25, 0.3) is 0 Å². The van der Waals surface area contributed by atoms with Crippen LogP contribution in [-0.4, -0.2) is 38.8 Å². The first-order chi connectivity index (χ1) is 11.1. The molecule has 23 heavy (non-hydrogen) atoms. The zero-order valence-electron chi connectivity index (χ0n) is 14.7. The summed E-state index contributed by atoms with van der Waals surface area (Å²) in [5.74, 6) is 1.05. The molecule has 1 aromatic rings. The first-order valence-electron chi connectivity index (χ1n) is 8.81. The smallest absolute Gasteiger partial charge is 0.314 e. The maximum Gasteiger partial charge on any atom is 0.314 e. The van der Waals surface area contributed by atoms with Crippen molar-refractivity contribution in [2.45, 2.75) is 40.0 Å². The van der Waals surface area contributed by atoms with Crippen molar-refractivity contribution in [3.8, 4) is 5.75 Å². The number of benzene rings is 1. The van der Waals surface area contributed by atoms with Gasteiger partial charge in [-0.3, -0.25) is 4.79 Å². The van der Waals surface area contributed by atoms with E-state index in [0.717, 1.165) is 51.3 Å². The lowest BCUT2D eigenvalue weighted by Crippen LogP contribution is -3.13. The zero-order valence-corrected chi connectivity index (χ0v) is 14.7. The summed E-state index contributed by atoms with van der Waals surface area (Å²) in [6.45, 7) is 10.4. The molecule has 1 saturated heterocycles. The van der Waals surface area contributed by atoms with Gasteiger partial charge in [-0.1, -0.05) is 12.1 Å². The summed E-state index contributed by atoms with van der Waals surface area (Å²) in [4.78, 5) is 13.4. The number of nitrogens with one attached hydrogen (secondary N) is 1. The summed E-state index contributed by atoms with van der Waals surface area (Å²) in [5.41, 5.74) is 2.49. The predicted molar refractivity (Wildman–Crippen MR) is 90.9 cm³/mol. The van der Waals surface area contributed by atoms with Crippen molar-refractivity contribution in [3.05, 3.63) is 29.3 Å². The van der Waals surface area contributed by atoms with Gasteiger partial charge in [0.05, 0.1) is 32.8 Å². The minimum Gasteiger partial charge on any atom is -0.493 e. The average Bonchev–Trinajstić information content (AvgIpc) is 2.56. The lowest BCUT2D eigenvalue weighted by molar-refractivity contribution is -0.907. The molecule has 1 heterocycles. The fourth-order valence-corrected chi connectivity index (χ4v) is 3.22. The molecule has 0 amide bonds. The van der Waals surface area contributed by atoms with Crippen LogP contribution in [0.3, 0.4) is 0 Å². The Morgan fingerprint density at radius 2 is 2.17 bits per heavy atom. The van der Waals surface area contributed by atoms with Crippen molar-refractivity contribution in [2.24, 2.45) is 5.92 Å². The molecular formula is C19H30NO3+. The molecule has 4 nitrogen and oxygen atoms in total. The number of rotatable bonds is 7. The Balaban J connectivity index is 1.71. The molecule has 1 N–H and O–H groups in total. The molecule has 2 rings (SSSR count). The van der Waals surface area contributed by atoms with Gasteiger partial charge in [0.1, 0.15) is 11.7 Å². The molecule has 4 heteroatoms. The second kappa shape index (κ2) is 8.92. The van der Waals surface area contributed by atoms with E-state index in [2.05, 4.69) is 19.9 Å².